The predicted octanol–water partition coefficient (Wildman–Crippen LogP) is 6.08. The van der Waals surface area contributed by atoms with Crippen LogP contribution in [0.5, 0.6) is 0 Å². The molecule has 1 amide bonds. The van der Waals surface area contributed by atoms with E-state index in [0.717, 1.165) is 29.0 Å². The molecule has 1 aromatic carbocycles. The van der Waals surface area contributed by atoms with Crippen molar-refractivity contribution in [2.45, 2.75) is 39.9 Å². The topological polar surface area (TPSA) is 71.0 Å². The van der Waals surface area contributed by atoms with Gasteiger partial charge in [0, 0.05) is 47.6 Å². The highest BCUT2D eigenvalue weighted by Gasteiger charge is 2.32. The van der Waals surface area contributed by atoms with Crippen LogP contribution in [-0.2, 0) is 23.9 Å². The molecule has 6 nitrogen and oxygen atoms in total. The number of hydrogen-bond donors (Lipinski definition) is 1. The van der Waals surface area contributed by atoms with Gasteiger partial charge in [-0.1, -0.05) is 20.8 Å². The van der Waals surface area contributed by atoms with Crippen molar-refractivity contribution in [1.29, 1.82) is 0 Å². The van der Waals surface area contributed by atoms with Gasteiger partial charge in [-0.25, -0.2) is 9.97 Å². The number of carbonyl (C=O) groups excluding carboxylic acids is 1. The monoisotopic (exact) mass is 527 g/mol. The first-order chi connectivity index (χ1) is 15.5. The third kappa shape index (κ3) is 6.41. The molecule has 0 saturated heterocycles. The lowest BCUT2D eigenvalue weighted by atomic mass is 9.93. The number of nitrogens with one attached hydrogen (secondary N) is 1. The molecule has 0 atom stereocenters. The molecule has 0 saturated carbocycles. The van der Waals surface area contributed by atoms with Gasteiger partial charge in [0.2, 0.25) is 5.91 Å². The van der Waals surface area contributed by atoms with E-state index in [4.69, 9.17) is 4.98 Å². The van der Waals surface area contributed by atoms with E-state index < -0.39 is 17.2 Å². The van der Waals surface area contributed by atoms with E-state index in [0.29, 0.717) is 36.8 Å². The van der Waals surface area contributed by atoms with Gasteiger partial charge in [0.05, 0.1) is 17.8 Å². The maximum absolute atomic E-state index is 12.9. The molecular formula is C24H26Cl2F3N5O. The van der Waals surface area contributed by atoms with E-state index in [9.17, 15) is 18.0 Å². The predicted molar refractivity (Wildman–Crippen MR) is 133 cm³/mol. The van der Waals surface area contributed by atoms with Crippen molar-refractivity contribution in [3.63, 3.8) is 0 Å². The molecular weight excluding hydrogens is 502 g/mol. The molecule has 0 aliphatic carbocycles. The van der Waals surface area contributed by atoms with Crippen LogP contribution in [0.2, 0.25) is 0 Å². The Balaban J connectivity index is 0.00000216. The number of aromatic nitrogens is 3. The number of halogens is 5. The number of hydrogen-bond acceptors (Lipinski definition) is 5. The number of pyridine rings is 1. The van der Waals surface area contributed by atoms with Crippen molar-refractivity contribution in [3.8, 4) is 11.4 Å². The van der Waals surface area contributed by atoms with Crippen molar-refractivity contribution in [2.24, 2.45) is 5.41 Å². The zero-order valence-corrected chi connectivity index (χ0v) is 21.0. The summed E-state index contributed by atoms with van der Waals surface area (Å²) in [7, 11) is 0. The van der Waals surface area contributed by atoms with Gasteiger partial charge in [0.15, 0.2) is 5.82 Å². The van der Waals surface area contributed by atoms with Gasteiger partial charge in [-0.3, -0.25) is 9.78 Å². The second kappa shape index (κ2) is 10.8. The summed E-state index contributed by atoms with van der Waals surface area (Å²) in [6.45, 7) is 6.47. The molecule has 188 valence electrons. The van der Waals surface area contributed by atoms with Gasteiger partial charge in [0.25, 0.3) is 0 Å². The Morgan fingerprint density at radius 3 is 2.17 bits per heavy atom. The first-order valence-corrected chi connectivity index (χ1v) is 10.6. The third-order valence-corrected chi connectivity index (χ3v) is 5.40. The highest BCUT2D eigenvalue weighted by Crippen LogP contribution is 2.33. The number of anilines is 2. The maximum atomic E-state index is 12.9. The summed E-state index contributed by atoms with van der Waals surface area (Å²) in [6, 6.07) is 8.36. The summed E-state index contributed by atoms with van der Waals surface area (Å²) in [5, 5.41) is 3.15. The third-order valence-electron chi connectivity index (χ3n) is 5.40. The molecule has 3 heterocycles. The van der Waals surface area contributed by atoms with Crippen molar-refractivity contribution in [1.82, 2.24) is 19.9 Å². The number of alkyl halides is 3. The average Bonchev–Trinajstić information content (AvgIpc) is 2.78. The smallest absolute Gasteiger partial charge is 0.340 e. The van der Waals surface area contributed by atoms with Crippen LogP contribution in [0, 0.1) is 5.41 Å². The zero-order chi connectivity index (χ0) is 23.8. The second-order valence-electron chi connectivity index (χ2n) is 8.98. The molecule has 0 radical (unpaired) electrons. The van der Waals surface area contributed by atoms with Crippen LogP contribution in [0.25, 0.3) is 11.4 Å². The van der Waals surface area contributed by atoms with E-state index >= 15 is 0 Å². The minimum atomic E-state index is -4.41. The lowest BCUT2D eigenvalue weighted by Crippen LogP contribution is -2.42. The van der Waals surface area contributed by atoms with Crippen LogP contribution in [0.4, 0.5) is 24.7 Å². The van der Waals surface area contributed by atoms with Crippen LogP contribution in [0.1, 0.15) is 37.6 Å². The number of fused-ring (bicyclic) bond motifs is 1. The standard InChI is InChI=1S/C24H24F3N5O.2ClH/c1-23(2,3)22(33)32-13-10-19-18(14-32)21(31-20(30-19)15-8-11-28-12-9-15)29-17-6-4-16(5-7-17)24(25,26)27;;/h4-9,11-12H,10,13-14H2,1-3H3,(H,29,30,31);2*1H. The number of nitrogens with zero attached hydrogens (tertiary/aromatic N) is 4. The fourth-order valence-corrected chi connectivity index (χ4v) is 3.67. The van der Waals surface area contributed by atoms with Crippen LogP contribution < -0.4 is 5.32 Å². The van der Waals surface area contributed by atoms with E-state index in [2.05, 4.69) is 15.3 Å². The molecule has 11 heteroatoms. The Bertz CT molecular complexity index is 1170. The minimum absolute atomic E-state index is 0. The van der Waals surface area contributed by atoms with Crippen LogP contribution in [0.3, 0.4) is 0 Å². The summed E-state index contributed by atoms with van der Waals surface area (Å²) in [4.78, 5) is 28.1. The Hall–Kier alpha value is -2.91. The highest BCUT2D eigenvalue weighted by molar-refractivity contribution is 5.85. The molecule has 3 aromatic rings. The van der Waals surface area contributed by atoms with Gasteiger partial charge in [0.1, 0.15) is 5.82 Å². The van der Waals surface area contributed by atoms with E-state index in [1.165, 1.54) is 12.1 Å². The van der Waals surface area contributed by atoms with Gasteiger partial charge in [-0.15, -0.1) is 24.8 Å². The summed E-state index contributed by atoms with van der Waals surface area (Å²) in [5.41, 5.74) is 1.55. The van der Waals surface area contributed by atoms with E-state index in [1.54, 1.807) is 29.4 Å². The zero-order valence-electron chi connectivity index (χ0n) is 19.4. The minimum Gasteiger partial charge on any atom is -0.340 e. The van der Waals surface area contributed by atoms with Gasteiger partial charge < -0.3 is 10.2 Å². The Morgan fingerprint density at radius 1 is 0.971 bits per heavy atom. The molecule has 1 aliphatic heterocycles. The summed E-state index contributed by atoms with van der Waals surface area (Å²) in [6.07, 6.45) is -0.565. The number of rotatable bonds is 3. The Morgan fingerprint density at radius 2 is 1.60 bits per heavy atom. The number of benzene rings is 1. The van der Waals surface area contributed by atoms with Crippen LogP contribution in [-0.4, -0.2) is 32.3 Å². The molecule has 0 spiro atoms. The van der Waals surface area contributed by atoms with Gasteiger partial charge in [-0.2, -0.15) is 13.2 Å². The summed E-state index contributed by atoms with van der Waals surface area (Å²) in [5.74, 6) is 0.978. The number of carbonyl (C=O) groups is 1. The van der Waals surface area contributed by atoms with Gasteiger partial charge in [-0.05, 0) is 36.4 Å². The van der Waals surface area contributed by atoms with Crippen molar-refractivity contribution in [2.75, 3.05) is 11.9 Å². The van der Waals surface area contributed by atoms with Crippen molar-refractivity contribution in [3.05, 3.63) is 65.6 Å². The van der Waals surface area contributed by atoms with Crippen molar-refractivity contribution >= 4 is 42.2 Å². The summed E-state index contributed by atoms with van der Waals surface area (Å²) < 4.78 is 38.8. The average molecular weight is 528 g/mol. The van der Waals surface area contributed by atoms with Crippen LogP contribution >= 0.6 is 24.8 Å². The van der Waals surface area contributed by atoms with Crippen molar-refractivity contribution < 1.29 is 18.0 Å². The molecule has 4 rings (SSSR count). The second-order valence-corrected chi connectivity index (χ2v) is 8.98. The normalized spacial score (nSPS) is 13.3. The lowest BCUT2D eigenvalue weighted by Gasteiger charge is -2.34. The molecule has 2 aromatic heterocycles. The first kappa shape index (κ1) is 28.3. The molecule has 0 fully saturated rings. The molecule has 1 N–H and O–H groups in total. The SMILES string of the molecule is CC(C)(C)C(=O)N1CCc2nc(-c3ccncc3)nc(Nc3ccc(C(F)(F)F)cc3)c2C1.Cl.Cl. The first-order valence-electron chi connectivity index (χ1n) is 10.6. The number of amides is 1. The fourth-order valence-electron chi connectivity index (χ4n) is 3.67. The molecule has 35 heavy (non-hydrogen) atoms. The van der Waals surface area contributed by atoms with E-state index in [-0.39, 0.29) is 30.7 Å². The Kier molecular flexibility index (Phi) is 8.73. The quantitative estimate of drug-likeness (QED) is 0.447. The van der Waals surface area contributed by atoms with Crippen LogP contribution in [0.15, 0.2) is 48.8 Å². The molecule has 0 unspecified atom stereocenters. The molecule has 1 aliphatic rings. The largest absolute Gasteiger partial charge is 0.416 e. The fraction of sp³-hybridized carbons (Fsp3) is 0.333. The van der Waals surface area contributed by atoms with Gasteiger partial charge >= 0.3 is 6.18 Å². The maximum Gasteiger partial charge on any atom is 0.416 e. The summed E-state index contributed by atoms with van der Waals surface area (Å²) >= 11 is 0. The highest BCUT2D eigenvalue weighted by atomic mass is 35.5. The lowest BCUT2D eigenvalue weighted by molar-refractivity contribution is -0.140. The van der Waals surface area contributed by atoms with E-state index in [1.807, 2.05) is 20.8 Å². The Labute approximate surface area is 214 Å². The molecule has 0 bridgehead atoms.